The fourth-order valence-electron chi connectivity index (χ4n) is 0.330. The second-order valence-corrected chi connectivity index (χ2v) is 1.06. The van der Waals surface area contributed by atoms with E-state index in [-0.39, 0.29) is 0 Å². The number of rotatable bonds is 0. The van der Waals surface area contributed by atoms with Gasteiger partial charge < -0.3 is 0 Å². The van der Waals surface area contributed by atoms with E-state index >= 15 is 0 Å². The molecule has 0 aromatic heterocycles. The van der Waals surface area contributed by atoms with E-state index in [4.69, 9.17) is 0 Å². The average Bonchev–Trinajstić information content (AvgIpc) is 1.72. The summed E-state index contributed by atoms with van der Waals surface area (Å²) in [5.41, 5.74) is 0. The molecule has 0 aromatic carbocycles. The molecule has 0 saturated carbocycles. The van der Waals surface area contributed by atoms with Gasteiger partial charge in [0.05, 0.1) is 0 Å². The van der Waals surface area contributed by atoms with E-state index in [0.717, 1.165) is 6.44 Å². The quantitative estimate of drug-likeness (QED) is 0.372. The number of aliphatic imine (C=N–C) groups is 1. The molecule has 0 radical (unpaired) electrons. The normalized spacial score (nSPS) is 16.0. The first-order chi connectivity index (χ1) is 3.00. The minimum atomic E-state index is 0.826. The van der Waals surface area contributed by atoms with Crippen molar-refractivity contribution in [3.8, 4) is 0 Å². The summed E-state index contributed by atoms with van der Waals surface area (Å²) in [6.45, 7) is 1.96. The summed E-state index contributed by atoms with van der Waals surface area (Å²) in [5.74, 6) is 0. The molecule has 3 heteroatoms. The van der Waals surface area contributed by atoms with E-state index in [9.17, 15) is 0 Å². The molecule has 0 spiro atoms. The summed E-state index contributed by atoms with van der Waals surface area (Å²) in [5, 5.41) is 2.81. The van der Waals surface area contributed by atoms with Crippen LogP contribution in [0.25, 0.3) is 0 Å². The summed E-state index contributed by atoms with van der Waals surface area (Å²) in [6.07, 6.45) is 4.38. The van der Waals surface area contributed by atoms with Gasteiger partial charge in [0, 0.05) is 0 Å². The van der Waals surface area contributed by atoms with Crippen LogP contribution in [0.3, 0.4) is 0 Å². The van der Waals surface area contributed by atoms with Gasteiger partial charge in [0.1, 0.15) is 0 Å². The zero-order valence-electron chi connectivity index (χ0n) is 3.39. The number of hydrogen-bond donors (Lipinski definition) is 1. The fourth-order valence-corrected chi connectivity index (χ4v) is 0.330. The van der Waals surface area contributed by atoms with Gasteiger partial charge in [0.2, 0.25) is 0 Å². The van der Waals surface area contributed by atoms with Crippen molar-refractivity contribution in [2.24, 2.45) is 4.99 Å². The molecule has 0 saturated heterocycles. The molecule has 0 amide bonds. The molecule has 1 aliphatic rings. The van der Waals surface area contributed by atoms with Crippen molar-refractivity contribution in [2.75, 3.05) is 6.44 Å². The first-order valence-electron chi connectivity index (χ1n) is 1.89. The Morgan fingerprint density at radius 2 is 2.83 bits per heavy atom. The van der Waals surface area contributed by atoms with Gasteiger partial charge in [0.25, 0.3) is 0 Å². The van der Waals surface area contributed by atoms with Crippen molar-refractivity contribution in [3.63, 3.8) is 0 Å². The van der Waals surface area contributed by atoms with Crippen LogP contribution >= 0.6 is 0 Å². The molecule has 0 atom stereocenters. The van der Waals surface area contributed by atoms with Gasteiger partial charge >= 0.3 is 36.1 Å². The Balaban J connectivity index is 2.40. The Kier molecular flexibility index (Phi) is 1.05. The van der Waals surface area contributed by atoms with Crippen LogP contribution in [0.2, 0.25) is 0 Å². The molecule has 0 bridgehead atoms. The molecular formula is C3H5BN2. The zero-order chi connectivity index (χ0) is 4.24. The number of nitrogens with one attached hydrogen (secondary N) is 1. The Morgan fingerprint density at radius 1 is 1.83 bits per heavy atom. The molecule has 1 aliphatic heterocycles. The van der Waals surface area contributed by atoms with Crippen LogP contribution in [-0.2, 0) is 0 Å². The predicted molar refractivity (Wildman–Crippen MR) is 28.3 cm³/mol. The molecular weight excluding hydrogens is 74.9 g/mol. The molecule has 1 N–H and O–H groups in total. The van der Waals surface area contributed by atoms with E-state index in [1.54, 1.807) is 6.34 Å². The van der Waals surface area contributed by atoms with Gasteiger partial charge in [-0.2, -0.15) is 0 Å². The van der Waals surface area contributed by atoms with Crippen LogP contribution < -0.4 is 5.32 Å². The van der Waals surface area contributed by atoms with Crippen molar-refractivity contribution in [3.05, 3.63) is 0 Å². The Bertz CT molecular complexity index is 66.8. The van der Waals surface area contributed by atoms with Gasteiger partial charge in [-0.3, -0.25) is 0 Å². The van der Waals surface area contributed by atoms with Gasteiger partial charge in [0.15, 0.2) is 0 Å². The summed E-state index contributed by atoms with van der Waals surface area (Å²) in [7, 11) is 0. The first-order valence-corrected chi connectivity index (χ1v) is 1.89. The molecule has 1 rings (SSSR count). The summed E-state index contributed by atoms with van der Waals surface area (Å²) < 4.78 is 0. The van der Waals surface area contributed by atoms with E-state index < -0.39 is 0 Å². The van der Waals surface area contributed by atoms with E-state index in [1.165, 1.54) is 0 Å². The van der Waals surface area contributed by atoms with Crippen LogP contribution in [0.15, 0.2) is 4.99 Å². The molecule has 0 unspecified atom stereocenters. The maximum atomic E-state index is 3.85. The van der Waals surface area contributed by atoms with E-state index in [0.29, 0.717) is 0 Å². The van der Waals surface area contributed by atoms with Crippen molar-refractivity contribution in [1.82, 2.24) is 5.32 Å². The van der Waals surface area contributed by atoms with Gasteiger partial charge in [-0.1, -0.05) is 0 Å². The van der Waals surface area contributed by atoms with Crippen molar-refractivity contribution in [2.45, 2.75) is 0 Å². The molecule has 2 nitrogen and oxygen atoms in total. The summed E-state index contributed by atoms with van der Waals surface area (Å²) >= 11 is 0. The van der Waals surface area contributed by atoms with Crippen LogP contribution in [0, 0.1) is 0 Å². The molecule has 1 heterocycles. The van der Waals surface area contributed by atoms with Crippen LogP contribution in [-0.4, -0.2) is 25.8 Å². The third kappa shape index (κ3) is 0.674. The molecule has 0 aromatic rings. The Labute approximate surface area is 37.2 Å². The standard InChI is InChI=1S/C3H5BN2/c1-4-2-6-3-5-1/h1,3H,2H2,(H,5,6). The predicted octanol–water partition coefficient (Wildman–Crippen LogP) is -0.961. The molecule has 0 aliphatic carbocycles. The fraction of sp³-hybridized carbons (Fsp3) is 0.333. The Hall–Kier alpha value is -0.595. The third-order valence-electron chi connectivity index (χ3n) is 0.591. The topological polar surface area (TPSA) is 24.4 Å². The summed E-state index contributed by atoms with van der Waals surface area (Å²) in [4.78, 5) is 3.85. The number of hydrogen-bond acceptors (Lipinski definition) is 2. The van der Waals surface area contributed by atoms with Crippen molar-refractivity contribution < 1.29 is 0 Å². The SMILES string of the molecule is B1=CNC=NC1. The van der Waals surface area contributed by atoms with Crippen molar-refractivity contribution >= 4 is 19.3 Å². The zero-order valence-corrected chi connectivity index (χ0v) is 3.39. The molecule has 0 fully saturated rings. The maximum absolute atomic E-state index is 3.85. The minimum absolute atomic E-state index is 0.826. The van der Waals surface area contributed by atoms with Crippen molar-refractivity contribution in [1.29, 1.82) is 0 Å². The van der Waals surface area contributed by atoms with Crippen LogP contribution in [0.4, 0.5) is 0 Å². The van der Waals surface area contributed by atoms with Gasteiger partial charge in [-0.05, 0) is 0 Å². The Morgan fingerprint density at radius 3 is 3.00 bits per heavy atom. The van der Waals surface area contributed by atoms with E-state index in [1.807, 2.05) is 13.0 Å². The summed E-state index contributed by atoms with van der Waals surface area (Å²) in [6, 6.07) is 0. The van der Waals surface area contributed by atoms with Crippen LogP contribution in [0.5, 0.6) is 0 Å². The van der Waals surface area contributed by atoms with Crippen LogP contribution in [0.1, 0.15) is 0 Å². The second-order valence-electron chi connectivity index (χ2n) is 1.06. The van der Waals surface area contributed by atoms with E-state index in [2.05, 4.69) is 10.3 Å². The first kappa shape index (κ1) is 3.59. The number of nitrogens with zero attached hydrogens (tertiary/aromatic N) is 1. The van der Waals surface area contributed by atoms with Gasteiger partial charge in [-0.25, -0.2) is 0 Å². The molecule has 6 heavy (non-hydrogen) atoms. The third-order valence-corrected chi connectivity index (χ3v) is 0.591. The monoisotopic (exact) mass is 80.1 g/mol. The second kappa shape index (κ2) is 1.75. The molecule has 30 valence electrons. The van der Waals surface area contributed by atoms with Gasteiger partial charge in [-0.15, -0.1) is 0 Å². The average molecular weight is 79.9 g/mol.